The molecule has 1 fully saturated rings. The molecule has 1 aliphatic carbocycles. The quantitative estimate of drug-likeness (QED) is 0.895. The molecule has 5 heteroatoms. The molecular weight excluding hydrogens is 242 g/mol. The molecule has 1 aromatic rings. The van der Waals surface area contributed by atoms with Crippen molar-refractivity contribution in [2.24, 2.45) is 0 Å². The standard InChI is InChI=1S/C14H17N3O2/c1-10-6-7-16-14(12(10)8-15)17(9-13(18)19)11-4-2-3-5-11/h6-7,11H,2-5,9H2,1H3,(H,18,19). The van der Waals surface area contributed by atoms with E-state index in [0.29, 0.717) is 11.4 Å². The maximum atomic E-state index is 11.1. The van der Waals surface area contributed by atoms with Gasteiger partial charge in [-0.15, -0.1) is 0 Å². The molecular formula is C14H17N3O2. The summed E-state index contributed by atoms with van der Waals surface area (Å²) in [6.45, 7) is 1.74. The number of aromatic nitrogens is 1. The fraction of sp³-hybridized carbons (Fsp3) is 0.500. The third-order valence-electron chi connectivity index (χ3n) is 3.59. The summed E-state index contributed by atoms with van der Waals surface area (Å²) in [5, 5.41) is 18.3. The first-order valence-electron chi connectivity index (χ1n) is 6.47. The van der Waals surface area contributed by atoms with E-state index < -0.39 is 5.97 Å². The van der Waals surface area contributed by atoms with Crippen LogP contribution >= 0.6 is 0 Å². The molecule has 1 aromatic heterocycles. The Morgan fingerprint density at radius 2 is 2.26 bits per heavy atom. The van der Waals surface area contributed by atoms with E-state index in [0.717, 1.165) is 31.2 Å². The van der Waals surface area contributed by atoms with Crippen LogP contribution in [-0.2, 0) is 4.79 Å². The van der Waals surface area contributed by atoms with Gasteiger partial charge in [0.15, 0.2) is 0 Å². The largest absolute Gasteiger partial charge is 0.480 e. The topological polar surface area (TPSA) is 77.2 Å². The van der Waals surface area contributed by atoms with Crippen molar-refractivity contribution in [2.75, 3.05) is 11.4 Å². The van der Waals surface area contributed by atoms with Crippen LogP contribution in [0, 0.1) is 18.3 Å². The second kappa shape index (κ2) is 5.70. The zero-order valence-corrected chi connectivity index (χ0v) is 11.0. The third-order valence-corrected chi connectivity index (χ3v) is 3.59. The van der Waals surface area contributed by atoms with Gasteiger partial charge in [-0.2, -0.15) is 5.26 Å². The first-order valence-corrected chi connectivity index (χ1v) is 6.47. The zero-order valence-electron chi connectivity index (χ0n) is 11.0. The molecule has 1 heterocycles. The smallest absolute Gasteiger partial charge is 0.323 e. The van der Waals surface area contributed by atoms with E-state index in [-0.39, 0.29) is 12.6 Å². The van der Waals surface area contributed by atoms with Gasteiger partial charge in [0.05, 0.1) is 5.56 Å². The number of aliphatic carboxylic acids is 1. The number of pyridine rings is 1. The first kappa shape index (κ1) is 13.3. The van der Waals surface area contributed by atoms with Crippen molar-refractivity contribution in [1.82, 2.24) is 4.98 Å². The lowest BCUT2D eigenvalue weighted by Crippen LogP contribution is -2.38. The van der Waals surface area contributed by atoms with E-state index in [9.17, 15) is 10.1 Å². The monoisotopic (exact) mass is 259 g/mol. The van der Waals surface area contributed by atoms with Crippen molar-refractivity contribution in [1.29, 1.82) is 5.26 Å². The average molecular weight is 259 g/mol. The minimum atomic E-state index is -0.890. The number of rotatable bonds is 4. The van der Waals surface area contributed by atoms with Crippen molar-refractivity contribution in [2.45, 2.75) is 38.6 Å². The lowest BCUT2D eigenvalue weighted by molar-refractivity contribution is -0.135. The van der Waals surface area contributed by atoms with Gasteiger partial charge in [-0.05, 0) is 31.4 Å². The summed E-state index contributed by atoms with van der Waals surface area (Å²) in [4.78, 5) is 17.1. The molecule has 0 aliphatic heterocycles. The van der Waals surface area contributed by atoms with Crippen molar-refractivity contribution < 1.29 is 9.90 Å². The van der Waals surface area contributed by atoms with Gasteiger partial charge >= 0.3 is 5.97 Å². The number of anilines is 1. The van der Waals surface area contributed by atoms with Gasteiger partial charge in [0.2, 0.25) is 0 Å². The molecule has 0 spiro atoms. The third kappa shape index (κ3) is 2.84. The number of carbonyl (C=O) groups is 1. The second-order valence-corrected chi connectivity index (χ2v) is 4.90. The van der Waals surface area contributed by atoms with Crippen molar-refractivity contribution in [3.05, 3.63) is 23.4 Å². The summed E-state index contributed by atoms with van der Waals surface area (Å²) >= 11 is 0. The SMILES string of the molecule is Cc1ccnc(N(CC(=O)O)C2CCCC2)c1C#N. The number of nitriles is 1. The predicted octanol–water partition coefficient (Wildman–Crippen LogP) is 2.10. The molecule has 1 N–H and O–H groups in total. The van der Waals surface area contributed by atoms with Crippen LogP contribution in [0.1, 0.15) is 36.8 Å². The highest BCUT2D eigenvalue weighted by atomic mass is 16.4. The maximum absolute atomic E-state index is 11.1. The van der Waals surface area contributed by atoms with E-state index in [2.05, 4.69) is 11.1 Å². The molecule has 0 unspecified atom stereocenters. The Kier molecular flexibility index (Phi) is 4.00. The Hall–Kier alpha value is -2.09. The summed E-state index contributed by atoms with van der Waals surface area (Å²) in [6.07, 6.45) is 5.78. The second-order valence-electron chi connectivity index (χ2n) is 4.90. The molecule has 19 heavy (non-hydrogen) atoms. The zero-order chi connectivity index (χ0) is 13.8. The molecule has 1 aliphatic rings. The minimum absolute atomic E-state index is 0.101. The molecule has 5 nitrogen and oxygen atoms in total. The highest BCUT2D eigenvalue weighted by Gasteiger charge is 2.27. The maximum Gasteiger partial charge on any atom is 0.323 e. The van der Waals surface area contributed by atoms with Crippen LogP contribution in [0.25, 0.3) is 0 Å². The van der Waals surface area contributed by atoms with Crippen LogP contribution in [-0.4, -0.2) is 28.6 Å². The lowest BCUT2D eigenvalue weighted by atomic mass is 10.1. The molecule has 100 valence electrons. The number of aryl methyl sites for hydroxylation is 1. The molecule has 0 saturated heterocycles. The highest BCUT2D eigenvalue weighted by molar-refractivity contribution is 5.74. The normalized spacial score (nSPS) is 15.2. The summed E-state index contributed by atoms with van der Waals surface area (Å²) in [7, 11) is 0. The summed E-state index contributed by atoms with van der Waals surface area (Å²) in [6, 6.07) is 4.10. The lowest BCUT2D eigenvalue weighted by Gasteiger charge is -2.29. The Bertz CT molecular complexity index is 516. The van der Waals surface area contributed by atoms with Gasteiger partial charge < -0.3 is 10.0 Å². The summed E-state index contributed by atoms with van der Waals surface area (Å²) < 4.78 is 0. The number of carboxylic acid groups (broad SMARTS) is 1. The van der Waals surface area contributed by atoms with Crippen LogP contribution in [0.3, 0.4) is 0 Å². The van der Waals surface area contributed by atoms with Crippen LogP contribution in [0.5, 0.6) is 0 Å². The van der Waals surface area contributed by atoms with Gasteiger partial charge in [-0.1, -0.05) is 12.8 Å². The number of hydrogen-bond donors (Lipinski definition) is 1. The van der Waals surface area contributed by atoms with Gasteiger partial charge in [0.1, 0.15) is 18.4 Å². The average Bonchev–Trinajstić information content (AvgIpc) is 2.89. The van der Waals surface area contributed by atoms with E-state index in [1.807, 2.05) is 6.92 Å². The fourth-order valence-electron chi connectivity index (χ4n) is 2.64. The van der Waals surface area contributed by atoms with Crippen molar-refractivity contribution in [3.63, 3.8) is 0 Å². The Balaban J connectivity index is 2.40. The molecule has 0 radical (unpaired) electrons. The van der Waals surface area contributed by atoms with E-state index in [4.69, 9.17) is 5.11 Å². The number of nitrogens with zero attached hydrogens (tertiary/aromatic N) is 3. The molecule has 0 atom stereocenters. The van der Waals surface area contributed by atoms with Crippen LogP contribution in [0.15, 0.2) is 12.3 Å². The Labute approximate surface area is 112 Å². The van der Waals surface area contributed by atoms with Gasteiger partial charge in [0, 0.05) is 12.2 Å². The number of hydrogen-bond acceptors (Lipinski definition) is 4. The minimum Gasteiger partial charge on any atom is -0.480 e. The van der Waals surface area contributed by atoms with Crippen LogP contribution < -0.4 is 4.90 Å². The number of carboxylic acids is 1. The highest BCUT2D eigenvalue weighted by Crippen LogP contribution is 2.29. The molecule has 0 amide bonds. The van der Waals surface area contributed by atoms with E-state index >= 15 is 0 Å². The van der Waals surface area contributed by atoms with E-state index in [1.165, 1.54) is 0 Å². The molecule has 1 saturated carbocycles. The van der Waals surface area contributed by atoms with Crippen LogP contribution in [0.2, 0.25) is 0 Å². The summed E-state index contributed by atoms with van der Waals surface area (Å²) in [5.41, 5.74) is 1.32. The Morgan fingerprint density at radius 3 is 2.84 bits per heavy atom. The summed E-state index contributed by atoms with van der Waals surface area (Å²) in [5.74, 6) is -0.379. The Morgan fingerprint density at radius 1 is 1.58 bits per heavy atom. The molecule has 0 aromatic carbocycles. The van der Waals surface area contributed by atoms with Crippen molar-refractivity contribution in [3.8, 4) is 6.07 Å². The predicted molar refractivity (Wildman–Crippen MR) is 70.9 cm³/mol. The molecule has 0 bridgehead atoms. The van der Waals surface area contributed by atoms with Crippen molar-refractivity contribution >= 4 is 11.8 Å². The van der Waals surface area contributed by atoms with Crippen LogP contribution in [0.4, 0.5) is 5.82 Å². The van der Waals surface area contributed by atoms with Gasteiger partial charge in [0.25, 0.3) is 0 Å². The molecule has 2 rings (SSSR count). The van der Waals surface area contributed by atoms with Gasteiger partial charge in [-0.25, -0.2) is 4.98 Å². The first-order chi connectivity index (χ1) is 9.13. The van der Waals surface area contributed by atoms with E-state index in [1.54, 1.807) is 17.2 Å². The van der Waals surface area contributed by atoms with Gasteiger partial charge in [-0.3, -0.25) is 4.79 Å². The fourth-order valence-corrected chi connectivity index (χ4v) is 2.64.